The zero-order valence-corrected chi connectivity index (χ0v) is 12.9. The van der Waals surface area contributed by atoms with Crippen LogP contribution in [0.1, 0.15) is 38.0 Å². The van der Waals surface area contributed by atoms with Crippen LogP contribution < -0.4 is 5.32 Å². The number of aryl methyl sites for hydroxylation is 2. The molecule has 1 heterocycles. The molecule has 3 heteroatoms. The second-order valence-electron chi connectivity index (χ2n) is 5.79. The lowest BCUT2D eigenvalue weighted by Gasteiger charge is -2.19. The van der Waals surface area contributed by atoms with Crippen molar-refractivity contribution in [2.75, 3.05) is 0 Å². The number of nitrogens with one attached hydrogen (secondary N) is 1. The average Bonchev–Trinajstić information content (AvgIpc) is 2.98. The fourth-order valence-electron chi connectivity index (χ4n) is 2.51. The minimum atomic E-state index is 0.330. The lowest BCUT2D eigenvalue weighted by molar-refractivity contribution is 0.412. The van der Waals surface area contributed by atoms with E-state index in [9.17, 15) is 5.11 Å². The highest BCUT2D eigenvalue weighted by Crippen LogP contribution is 2.12. The third-order valence-electron chi connectivity index (χ3n) is 3.78. The van der Waals surface area contributed by atoms with Crippen LogP contribution in [0.15, 0.2) is 47.1 Å². The normalized spacial score (nSPS) is 14.0. The van der Waals surface area contributed by atoms with E-state index in [-0.39, 0.29) is 0 Å². The Bertz CT molecular complexity index is 505. The Hall–Kier alpha value is -1.74. The van der Waals surface area contributed by atoms with Gasteiger partial charge in [0, 0.05) is 18.5 Å². The van der Waals surface area contributed by atoms with Gasteiger partial charge in [0.1, 0.15) is 11.5 Å². The summed E-state index contributed by atoms with van der Waals surface area (Å²) >= 11 is 0. The third-order valence-corrected chi connectivity index (χ3v) is 3.78. The van der Waals surface area contributed by atoms with E-state index in [2.05, 4.69) is 19.2 Å². The predicted octanol–water partition coefficient (Wildman–Crippen LogP) is 3.92. The lowest BCUT2D eigenvalue weighted by Crippen LogP contribution is -2.35. The van der Waals surface area contributed by atoms with E-state index >= 15 is 0 Å². The van der Waals surface area contributed by atoms with Crippen LogP contribution in [0.5, 0.6) is 5.75 Å². The fourth-order valence-corrected chi connectivity index (χ4v) is 2.51. The lowest BCUT2D eigenvalue weighted by atomic mass is 10.0. The molecule has 2 N–H and O–H groups in total. The van der Waals surface area contributed by atoms with Gasteiger partial charge in [0.2, 0.25) is 0 Å². The summed E-state index contributed by atoms with van der Waals surface area (Å²) in [6.45, 7) is 4.45. The molecule has 1 aromatic heterocycles. The maximum absolute atomic E-state index is 9.27. The molecule has 1 aromatic carbocycles. The van der Waals surface area contributed by atoms with Crippen molar-refractivity contribution in [2.45, 2.75) is 51.6 Å². The summed E-state index contributed by atoms with van der Waals surface area (Å²) in [6.07, 6.45) is 5.91. The monoisotopic (exact) mass is 287 g/mol. The summed E-state index contributed by atoms with van der Waals surface area (Å²) in [4.78, 5) is 0. The van der Waals surface area contributed by atoms with Gasteiger partial charge in [-0.3, -0.25) is 0 Å². The van der Waals surface area contributed by atoms with E-state index in [1.807, 2.05) is 24.3 Å². The van der Waals surface area contributed by atoms with Crippen LogP contribution in [-0.4, -0.2) is 17.2 Å². The van der Waals surface area contributed by atoms with Crippen molar-refractivity contribution in [2.24, 2.45) is 0 Å². The molecule has 0 amide bonds. The molecule has 3 nitrogen and oxygen atoms in total. The molecular formula is C18H25NO2. The molecule has 0 aliphatic rings. The van der Waals surface area contributed by atoms with Crippen molar-refractivity contribution in [3.8, 4) is 5.75 Å². The van der Waals surface area contributed by atoms with E-state index in [4.69, 9.17) is 4.42 Å². The maximum atomic E-state index is 9.27. The van der Waals surface area contributed by atoms with E-state index in [0.29, 0.717) is 17.8 Å². The minimum absolute atomic E-state index is 0.330. The first-order chi connectivity index (χ1) is 10.1. The van der Waals surface area contributed by atoms with Crippen molar-refractivity contribution < 1.29 is 9.52 Å². The summed E-state index contributed by atoms with van der Waals surface area (Å²) < 4.78 is 5.36. The highest BCUT2D eigenvalue weighted by molar-refractivity contribution is 5.25. The Morgan fingerprint density at radius 2 is 1.67 bits per heavy atom. The van der Waals surface area contributed by atoms with Gasteiger partial charge in [0.05, 0.1) is 6.26 Å². The maximum Gasteiger partial charge on any atom is 0.115 e. The second-order valence-corrected chi connectivity index (χ2v) is 5.79. The van der Waals surface area contributed by atoms with Gasteiger partial charge in [0.15, 0.2) is 0 Å². The van der Waals surface area contributed by atoms with Gasteiger partial charge < -0.3 is 14.8 Å². The molecule has 2 rings (SSSR count). The average molecular weight is 287 g/mol. The summed E-state index contributed by atoms with van der Waals surface area (Å²) in [5, 5.41) is 12.9. The number of phenolic OH excluding ortho intramolecular Hbond substituents is 1. The molecule has 0 saturated carbocycles. The summed E-state index contributed by atoms with van der Waals surface area (Å²) in [5.74, 6) is 1.39. The van der Waals surface area contributed by atoms with Gasteiger partial charge in [-0.2, -0.15) is 0 Å². The first-order valence-electron chi connectivity index (χ1n) is 7.70. The SMILES string of the molecule is CC(CCc1ccc(O)cc1)NC(C)CCc1ccco1. The number of hydrogen-bond acceptors (Lipinski definition) is 3. The first kappa shape index (κ1) is 15.6. The van der Waals surface area contributed by atoms with Gasteiger partial charge >= 0.3 is 0 Å². The predicted molar refractivity (Wildman–Crippen MR) is 85.5 cm³/mol. The van der Waals surface area contributed by atoms with Crippen molar-refractivity contribution in [3.05, 3.63) is 54.0 Å². The smallest absolute Gasteiger partial charge is 0.115 e. The number of hydrogen-bond donors (Lipinski definition) is 2. The molecule has 0 aliphatic heterocycles. The standard InChI is InChI=1S/C18H25NO2/c1-14(5-7-16-8-10-17(20)11-9-16)19-15(2)6-12-18-4-3-13-21-18/h3-4,8-11,13-15,19-20H,5-7,12H2,1-2H3. The largest absolute Gasteiger partial charge is 0.508 e. The van der Waals surface area contributed by atoms with Crippen LogP contribution in [0.4, 0.5) is 0 Å². The Balaban J connectivity index is 1.66. The summed E-state index contributed by atoms with van der Waals surface area (Å²) in [7, 11) is 0. The second kappa shape index (κ2) is 7.89. The van der Waals surface area contributed by atoms with Crippen molar-refractivity contribution in [1.82, 2.24) is 5.32 Å². The number of aromatic hydroxyl groups is 1. The van der Waals surface area contributed by atoms with E-state index < -0.39 is 0 Å². The van der Waals surface area contributed by atoms with Gasteiger partial charge in [-0.1, -0.05) is 12.1 Å². The van der Waals surface area contributed by atoms with Crippen molar-refractivity contribution in [3.63, 3.8) is 0 Å². The number of furan rings is 1. The van der Waals surface area contributed by atoms with Crippen molar-refractivity contribution >= 4 is 0 Å². The van der Waals surface area contributed by atoms with Gasteiger partial charge in [-0.05, 0) is 62.9 Å². The quantitative estimate of drug-likeness (QED) is 0.773. The van der Waals surface area contributed by atoms with Gasteiger partial charge in [-0.25, -0.2) is 0 Å². The molecular weight excluding hydrogens is 262 g/mol. The molecule has 114 valence electrons. The van der Waals surface area contributed by atoms with E-state index in [0.717, 1.165) is 31.4 Å². The zero-order chi connectivity index (χ0) is 15.1. The van der Waals surface area contributed by atoms with Gasteiger partial charge in [0.25, 0.3) is 0 Å². The van der Waals surface area contributed by atoms with Crippen LogP contribution >= 0.6 is 0 Å². The molecule has 2 aromatic rings. The Morgan fingerprint density at radius 3 is 2.29 bits per heavy atom. The Morgan fingerprint density at radius 1 is 1.00 bits per heavy atom. The molecule has 2 unspecified atom stereocenters. The Labute approximate surface area is 127 Å². The van der Waals surface area contributed by atoms with Crippen LogP contribution in [0.2, 0.25) is 0 Å². The highest BCUT2D eigenvalue weighted by atomic mass is 16.3. The zero-order valence-electron chi connectivity index (χ0n) is 12.9. The topological polar surface area (TPSA) is 45.4 Å². The molecule has 0 aliphatic carbocycles. The van der Waals surface area contributed by atoms with E-state index in [1.165, 1.54) is 5.56 Å². The van der Waals surface area contributed by atoms with Crippen LogP contribution in [-0.2, 0) is 12.8 Å². The molecule has 0 fully saturated rings. The third kappa shape index (κ3) is 5.64. The number of benzene rings is 1. The molecule has 0 spiro atoms. The fraction of sp³-hybridized carbons (Fsp3) is 0.444. The number of phenols is 1. The van der Waals surface area contributed by atoms with Crippen LogP contribution in [0, 0.1) is 0 Å². The summed E-state index contributed by atoms with van der Waals surface area (Å²) in [5.41, 5.74) is 1.27. The van der Waals surface area contributed by atoms with Gasteiger partial charge in [-0.15, -0.1) is 0 Å². The molecule has 21 heavy (non-hydrogen) atoms. The highest BCUT2D eigenvalue weighted by Gasteiger charge is 2.08. The number of rotatable bonds is 8. The minimum Gasteiger partial charge on any atom is -0.508 e. The molecule has 0 bridgehead atoms. The molecule has 0 radical (unpaired) electrons. The molecule has 0 saturated heterocycles. The summed E-state index contributed by atoms with van der Waals surface area (Å²) in [6, 6.07) is 12.4. The van der Waals surface area contributed by atoms with Crippen LogP contribution in [0.25, 0.3) is 0 Å². The first-order valence-corrected chi connectivity index (χ1v) is 7.70. The molecule has 2 atom stereocenters. The Kier molecular flexibility index (Phi) is 5.88. The van der Waals surface area contributed by atoms with Crippen LogP contribution in [0.3, 0.4) is 0 Å². The van der Waals surface area contributed by atoms with Crippen molar-refractivity contribution in [1.29, 1.82) is 0 Å². The van der Waals surface area contributed by atoms with E-state index in [1.54, 1.807) is 18.4 Å².